The summed E-state index contributed by atoms with van der Waals surface area (Å²) in [5.74, 6) is -2.76. The van der Waals surface area contributed by atoms with E-state index in [1.807, 2.05) is 0 Å². The van der Waals surface area contributed by atoms with Crippen molar-refractivity contribution in [1.29, 1.82) is 0 Å². The fraction of sp³-hybridized carbons (Fsp3) is 0.516. The molecule has 3 saturated heterocycles. The van der Waals surface area contributed by atoms with Crippen molar-refractivity contribution in [2.45, 2.75) is 63.6 Å². The number of rotatable bonds is 9. The van der Waals surface area contributed by atoms with E-state index in [-0.39, 0.29) is 50.4 Å². The molecule has 3 heterocycles. The van der Waals surface area contributed by atoms with Crippen molar-refractivity contribution in [2.75, 3.05) is 33.1 Å². The molecule has 0 unspecified atom stereocenters. The topological polar surface area (TPSA) is 167 Å². The van der Waals surface area contributed by atoms with Gasteiger partial charge in [-0.05, 0) is 36.6 Å². The summed E-state index contributed by atoms with van der Waals surface area (Å²) in [7, 11) is 0. The van der Waals surface area contributed by atoms with Gasteiger partial charge in [-0.3, -0.25) is 9.59 Å². The average Bonchev–Trinajstić information content (AvgIpc) is 3.75. The van der Waals surface area contributed by atoms with E-state index in [1.54, 1.807) is 44.2 Å². The lowest BCUT2D eigenvalue weighted by Gasteiger charge is -2.32. The maximum Gasteiger partial charge on any atom is 0.348 e. The monoisotopic (exact) mass is 612 g/mol. The quantitative estimate of drug-likeness (QED) is 0.231. The van der Waals surface area contributed by atoms with Crippen molar-refractivity contribution in [1.82, 2.24) is 10.2 Å². The Balaban J connectivity index is 1.27. The zero-order chi connectivity index (χ0) is 31.4. The number of hydrogen-bond donors (Lipinski definition) is 2. The Kier molecular flexibility index (Phi) is 9.47. The first-order valence-electron chi connectivity index (χ1n) is 14.6. The standard InChI is InChI=1S/C31H36N2O11/c1-31(2)16-40-30(39)26(31)44-24(35)10-9-18-6-3-4-7-20(18)29(38)43-23-15-19(14-22-25(23)42-17-41-22)28(37)33-12-5-8-21(33)27(36)32-11-13-34/h3-4,6-7,9-10,14,21-23,25-26,34H,5,8,11-13,15-17H2,1-2H3,(H,32,36)/t21-,22-,23-,25-,26+/m1/s1. The third-order valence-electron chi connectivity index (χ3n) is 8.08. The summed E-state index contributed by atoms with van der Waals surface area (Å²) >= 11 is 0. The number of amides is 2. The number of ether oxygens (including phenoxy) is 5. The van der Waals surface area contributed by atoms with Gasteiger partial charge in [0.15, 0.2) is 0 Å². The van der Waals surface area contributed by atoms with Crippen LogP contribution in [0.25, 0.3) is 6.08 Å². The zero-order valence-electron chi connectivity index (χ0n) is 24.6. The molecule has 0 saturated carbocycles. The number of esters is 3. The van der Waals surface area contributed by atoms with Gasteiger partial charge in [-0.1, -0.05) is 32.0 Å². The second kappa shape index (κ2) is 13.3. The van der Waals surface area contributed by atoms with E-state index >= 15 is 0 Å². The third kappa shape index (κ3) is 6.69. The molecule has 0 bridgehead atoms. The lowest BCUT2D eigenvalue weighted by molar-refractivity contribution is -0.159. The smallest absolute Gasteiger partial charge is 0.348 e. The van der Waals surface area contributed by atoms with Crippen LogP contribution in [-0.2, 0) is 42.9 Å². The van der Waals surface area contributed by atoms with E-state index < -0.39 is 53.8 Å². The summed E-state index contributed by atoms with van der Waals surface area (Å²) in [6.07, 6.45) is 2.23. The molecular weight excluding hydrogens is 576 g/mol. The van der Waals surface area contributed by atoms with Crippen molar-refractivity contribution in [3.8, 4) is 0 Å². The fourth-order valence-corrected chi connectivity index (χ4v) is 5.76. The molecule has 1 aliphatic carbocycles. The van der Waals surface area contributed by atoms with Gasteiger partial charge in [-0.2, -0.15) is 0 Å². The highest BCUT2D eigenvalue weighted by Crippen LogP contribution is 2.34. The molecule has 44 heavy (non-hydrogen) atoms. The molecule has 1 aromatic rings. The van der Waals surface area contributed by atoms with Gasteiger partial charge < -0.3 is 39.0 Å². The van der Waals surface area contributed by atoms with Crippen molar-refractivity contribution in [2.24, 2.45) is 5.41 Å². The second-order valence-electron chi connectivity index (χ2n) is 11.7. The maximum atomic E-state index is 13.6. The van der Waals surface area contributed by atoms with E-state index in [4.69, 9.17) is 28.8 Å². The molecule has 2 amide bonds. The Morgan fingerprint density at radius 3 is 2.70 bits per heavy atom. The molecule has 3 fully saturated rings. The minimum absolute atomic E-state index is 0.0377. The van der Waals surface area contributed by atoms with Gasteiger partial charge in [0, 0.05) is 36.6 Å². The second-order valence-corrected chi connectivity index (χ2v) is 11.7. The molecule has 1 aromatic carbocycles. The maximum absolute atomic E-state index is 13.6. The Morgan fingerprint density at radius 1 is 1.16 bits per heavy atom. The number of aliphatic hydroxyl groups is 1. The molecule has 0 radical (unpaired) electrons. The number of nitrogens with one attached hydrogen (secondary N) is 1. The molecule has 5 atom stereocenters. The first kappa shape index (κ1) is 31.4. The predicted octanol–water partition coefficient (Wildman–Crippen LogP) is 0.891. The van der Waals surface area contributed by atoms with E-state index in [0.29, 0.717) is 30.5 Å². The lowest BCUT2D eigenvalue weighted by Crippen LogP contribution is -2.49. The van der Waals surface area contributed by atoms with Crippen molar-refractivity contribution < 1.29 is 52.8 Å². The SMILES string of the molecule is CC1(C)COC(=O)[C@@H]1OC(=O)C=Cc1ccccc1C(=O)O[C@@H]1CC(C(=O)N2CCC[C@@H]2C(=O)NCCO)=C[C@H]2OCO[C@H]21. The van der Waals surface area contributed by atoms with Crippen molar-refractivity contribution in [3.05, 3.63) is 53.1 Å². The molecule has 236 valence electrons. The summed E-state index contributed by atoms with van der Waals surface area (Å²) in [5, 5.41) is 11.7. The molecule has 13 heteroatoms. The first-order chi connectivity index (χ1) is 21.1. The van der Waals surface area contributed by atoms with Crippen LogP contribution in [-0.4, -0.2) is 103 Å². The van der Waals surface area contributed by atoms with Gasteiger partial charge in [0.2, 0.25) is 17.9 Å². The molecule has 0 spiro atoms. The minimum atomic E-state index is -1.04. The Bertz CT molecular complexity index is 1370. The third-order valence-corrected chi connectivity index (χ3v) is 8.08. The van der Waals surface area contributed by atoms with Gasteiger partial charge in [-0.15, -0.1) is 0 Å². The van der Waals surface area contributed by atoms with Crippen LogP contribution in [0.15, 0.2) is 42.0 Å². The van der Waals surface area contributed by atoms with Gasteiger partial charge in [0.25, 0.3) is 0 Å². The van der Waals surface area contributed by atoms with Crippen LogP contribution in [0, 0.1) is 5.41 Å². The van der Waals surface area contributed by atoms with Crippen LogP contribution in [0.4, 0.5) is 0 Å². The summed E-state index contributed by atoms with van der Waals surface area (Å²) in [6, 6.07) is 5.83. The predicted molar refractivity (Wildman–Crippen MR) is 151 cm³/mol. The van der Waals surface area contributed by atoms with E-state index in [1.165, 1.54) is 11.0 Å². The van der Waals surface area contributed by atoms with Crippen LogP contribution in [0.2, 0.25) is 0 Å². The van der Waals surface area contributed by atoms with Crippen LogP contribution < -0.4 is 5.32 Å². The Hall–Kier alpha value is -4.07. The number of likely N-dealkylation sites (tertiary alicyclic amines) is 1. The average molecular weight is 613 g/mol. The molecule has 3 aliphatic heterocycles. The highest BCUT2D eigenvalue weighted by Gasteiger charge is 2.47. The van der Waals surface area contributed by atoms with Crippen LogP contribution >= 0.6 is 0 Å². The van der Waals surface area contributed by atoms with Crippen LogP contribution in [0.1, 0.15) is 49.0 Å². The highest BCUT2D eigenvalue weighted by atomic mass is 16.7. The molecule has 5 rings (SSSR count). The van der Waals surface area contributed by atoms with Gasteiger partial charge in [0.05, 0.1) is 12.2 Å². The lowest BCUT2D eigenvalue weighted by atomic mass is 9.90. The number of nitrogens with zero attached hydrogens (tertiary/aromatic N) is 1. The largest absolute Gasteiger partial charge is 0.462 e. The first-order valence-corrected chi connectivity index (χ1v) is 14.6. The number of hydrogen-bond acceptors (Lipinski definition) is 11. The molecular formula is C31H36N2O11. The van der Waals surface area contributed by atoms with E-state index in [0.717, 1.165) is 6.08 Å². The van der Waals surface area contributed by atoms with E-state index in [2.05, 4.69) is 5.32 Å². The van der Waals surface area contributed by atoms with Crippen molar-refractivity contribution in [3.63, 3.8) is 0 Å². The number of aliphatic hydroxyl groups excluding tert-OH is 1. The molecule has 4 aliphatic rings. The Morgan fingerprint density at radius 2 is 1.95 bits per heavy atom. The number of benzene rings is 1. The van der Waals surface area contributed by atoms with Gasteiger partial charge in [0.1, 0.15) is 37.8 Å². The summed E-state index contributed by atoms with van der Waals surface area (Å²) < 4.78 is 27.5. The summed E-state index contributed by atoms with van der Waals surface area (Å²) in [4.78, 5) is 65.6. The summed E-state index contributed by atoms with van der Waals surface area (Å²) in [5.41, 5.74) is 0.221. The highest BCUT2D eigenvalue weighted by molar-refractivity contribution is 5.98. The number of fused-ring (bicyclic) bond motifs is 1. The normalized spacial score (nSPS) is 27.4. The number of cyclic esters (lactones) is 1. The summed E-state index contributed by atoms with van der Waals surface area (Å²) in [6.45, 7) is 3.90. The number of carbonyl (C=O) groups is 5. The Labute approximate surface area is 254 Å². The van der Waals surface area contributed by atoms with Crippen LogP contribution in [0.3, 0.4) is 0 Å². The molecule has 2 N–H and O–H groups in total. The van der Waals surface area contributed by atoms with Crippen molar-refractivity contribution >= 4 is 35.8 Å². The fourth-order valence-electron chi connectivity index (χ4n) is 5.76. The number of carbonyl (C=O) groups excluding carboxylic acids is 5. The minimum Gasteiger partial charge on any atom is -0.462 e. The molecule has 13 nitrogen and oxygen atoms in total. The van der Waals surface area contributed by atoms with Gasteiger partial charge in [-0.25, -0.2) is 14.4 Å². The van der Waals surface area contributed by atoms with Gasteiger partial charge >= 0.3 is 17.9 Å². The van der Waals surface area contributed by atoms with E-state index in [9.17, 15) is 24.0 Å². The zero-order valence-corrected chi connectivity index (χ0v) is 24.6. The van der Waals surface area contributed by atoms with Crippen LogP contribution in [0.5, 0.6) is 0 Å². The molecule has 0 aromatic heterocycles.